The Morgan fingerprint density at radius 2 is 1.35 bits per heavy atom. The minimum Gasteiger partial charge on any atom is -0.510 e. The van der Waals surface area contributed by atoms with Crippen LogP contribution in [0.1, 0.15) is 76.1 Å². The molecule has 0 fully saturated rings. The number of nitrogens with zero attached hydrogens (tertiary/aromatic N) is 4. The van der Waals surface area contributed by atoms with E-state index in [0.29, 0.717) is 33.3 Å². The van der Waals surface area contributed by atoms with Gasteiger partial charge in [-0.15, -0.1) is 29.7 Å². The van der Waals surface area contributed by atoms with E-state index in [-0.39, 0.29) is 83.6 Å². The number of aryl methyl sites for hydroxylation is 1. The van der Waals surface area contributed by atoms with Gasteiger partial charge in [0.25, 0.3) is 6.33 Å². The zero-order valence-electron chi connectivity index (χ0n) is 51.6. The second-order valence-corrected chi connectivity index (χ2v) is 18.8. The molecule has 0 aliphatic heterocycles. The molecule has 0 radical (unpaired) electrons. The minimum absolute atomic E-state index is 0. The van der Waals surface area contributed by atoms with Gasteiger partial charge in [0, 0.05) is 54.0 Å². The standard InChI is InChI=1S/C63H52N4O.Pt/c1-42-35-60(64-40-54(42)44-21-12-9-13-22-44)67-56-30-15-14-27-52(56)53-33-32-50(39-58(53)67)68-49-26-17-25-48(38-49)65-41-66(57-34-31-45(37-59(57)65)43-19-10-8-11-20-43)61-51(28-18-29-55(61)63(5,6)7)46-23-16-24-47(36-46)62(2,3)4;/h8-37,40H,1-7H3;/q-2;/i1D3,8D,9D,10D,11D,12D,13D,19D,20D,21D,22D;. The minimum atomic E-state index is -2.80. The Balaban J connectivity index is 0.00000753. The van der Waals surface area contributed by atoms with Gasteiger partial charge >= 0.3 is 0 Å². The van der Waals surface area contributed by atoms with Gasteiger partial charge in [-0.05, 0) is 91.5 Å². The molecule has 0 N–H and O–H groups in total. The van der Waals surface area contributed by atoms with E-state index in [9.17, 15) is 0 Å². The number of aromatic nitrogens is 4. The molecule has 0 saturated carbocycles. The van der Waals surface area contributed by atoms with Crippen LogP contribution in [0.5, 0.6) is 11.5 Å². The fraction of sp³-hybridized carbons (Fsp3) is 0.143. The second-order valence-electron chi connectivity index (χ2n) is 18.8. The van der Waals surface area contributed by atoms with E-state index in [2.05, 4.69) is 102 Å². The third-order valence-electron chi connectivity index (χ3n) is 12.2. The molecule has 11 aromatic rings. The molecule has 0 amide bonds. The monoisotopic (exact) mass is 1090 g/mol. The zero-order chi connectivity index (χ0) is 57.9. The topological polar surface area (TPSA) is 35.9 Å². The van der Waals surface area contributed by atoms with Gasteiger partial charge in [0.15, 0.2) is 0 Å². The van der Waals surface area contributed by atoms with Crippen molar-refractivity contribution >= 4 is 32.8 Å². The number of hydrogen-bond donors (Lipinski definition) is 0. The molecule has 342 valence electrons. The van der Waals surface area contributed by atoms with Gasteiger partial charge in [-0.2, -0.15) is 18.2 Å². The maximum Gasteiger partial charge on any atom is 0.268 e. The van der Waals surface area contributed by atoms with Crippen molar-refractivity contribution in [3.63, 3.8) is 0 Å². The van der Waals surface area contributed by atoms with E-state index >= 15 is 0 Å². The number of pyridine rings is 1. The fourth-order valence-corrected chi connectivity index (χ4v) is 8.85. The molecule has 11 rings (SSSR count). The van der Waals surface area contributed by atoms with E-state index in [0.717, 1.165) is 33.2 Å². The predicted octanol–water partition coefficient (Wildman–Crippen LogP) is 15.5. The van der Waals surface area contributed by atoms with Crippen LogP contribution in [0.15, 0.2) is 188 Å². The summed E-state index contributed by atoms with van der Waals surface area (Å²) in [7, 11) is 0. The van der Waals surface area contributed by atoms with E-state index in [1.807, 2.05) is 57.7 Å². The molecule has 0 atom stereocenters. The Morgan fingerprint density at radius 1 is 0.609 bits per heavy atom. The smallest absolute Gasteiger partial charge is 0.268 e. The van der Waals surface area contributed by atoms with Crippen molar-refractivity contribution in [3.8, 4) is 62.1 Å². The summed E-state index contributed by atoms with van der Waals surface area (Å²) >= 11 is 0. The summed E-state index contributed by atoms with van der Waals surface area (Å²) < 4.78 is 123. The van der Waals surface area contributed by atoms with Crippen molar-refractivity contribution < 1.29 is 48.2 Å². The van der Waals surface area contributed by atoms with Gasteiger partial charge in [0.05, 0.1) is 30.4 Å². The molecule has 3 heterocycles. The molecule has 0 spiro atoms. The summed E-state index contributed by atoms with van der Waals surface area (Å²) in [5.74, 6) is 0.734. The first-order valence-corrected chi connectivity index (χ1v) is 22.3. The predicted molar refractivity (Wildman–Crippen MR) is 278 cm³/mol. The molecule has 5 nitrogen and oxygen atoms in total. The van der Waals surface area contributed by atoms with Crippen LogP contribution in [0.3, 0.4) is 0 Å². The first kappa shape index (κ1) is 32.4. The van der Waals surface area contributed by atoms with Gasteiger partial charge < -0.3 is 13.9 Å². The molecule has 8 aromatic carbocycles. The van der Waals surface area contributed by atoms with Crippen molar-refractivity contribution in [1.82, 2.24) is 14.1 Å². The van der Waals surface area contributed by atoms with Crippen LogP contribution in [0.2, 0.25) is 0 Å². The molecule has 0 unspecified atom stereocenters. The number of para-hydroxylation sites is 2. The van der Waals surface area contributed by atoms with Gasteiger partial charge in [-0.1, -0.05) is 180 Å². The summed E-state index contributed by atoms with van der Waals surface area (Å²) in [4.78, 5) is 4.70. The average Bonchev–Trinajstić information content (AvgIpc) is 2.29. The number of imidazole rings is 1. The molecule has 0 saturated heterocycles. The number of ether oxygens (including phenoxy) is 1. The van der Waals surface area contributed by atoms with E-state index in [1.165, 1.54) is 17.8 Å². The van der Waals surface area contributed by atoms with Crippen molar-refractivity contribution in [1.29, 1.82) is 0 Å². The van der Waals surface area contributed by atoms with Gasteiger partial charge in [0.2, 0.25) is 0 Å². The van der Waals surface area contributed by atoms with Gasteiger partial charge in [0.1, 0.15) is 5.82 Å². The summed E-state index contributed by atoms with van der Waals surface area (Å²) in [5, 5.41) is 1.55. The van der Waals surface area contributed by atoms with Crippen molar-refractivity contribution in [3.05, 3.63) is 223 Å². The van der Waals surface area contributed by atoms with Crippen LogP contribution >= 0.6 is 0 Å². The van der Waals surface area contributed by atoms with Crippen molar-refractivity contribution in [2.45, 2.75) is 59.2 Å². The van der Waals surface area contributed by atoms with Crippen LogP contribution in [0, 0.1) is 25.3 Å². The molecular formula is C63H52N4OPt-2. The first-order chi connectivity index (χ1) is 38.2. The Kier molecular flexibility index (Phi) is 8.44. The second kappa shape index (κ2) is 18.0. The molecule has 0 aliphatic rings. The van der Waals surface area contributed by atoms with Crippen LogP contribution in [-0.2, 0) is 31.9 Å². The summed E-state index contributed by atoms with van der Waals surface area (Å²) in [5.41, 5.74) is 7.30. The number of benzene rings is 8. The average molecular weight is 1090 g/mol. The Morgan fingerprint density at radius 3 is 2.12 bits per heavy atom. The Hall–Kier alpha value is -7.33. The zero-order valence-corrected chi connectivity index (χ0v) is 40.9. The van der Waals surface area contributed by atoms with Gasteiger partial charge in [-0.25, -0.2) is 4.98 Å². The summed E-state index contributed by atoms with van der Waals surface area (Å²) in [6.07, 6.45) is 4.91. The molecule has 6 heteroatoms. The maximum atomic E-state index is 8.93. The van der Waals surface area contributed by atoms with Crippen LogP contribution in [0.4, 0.5) is 0 Å². The molecular weight excluding hydrogens is 1020 g/mol. The normalized spacial score (nSPS) is 14.7. The van der Waals surface area contributed by atoms with Crippen LogP contribution in [0.25, 0.3) is 83.4 Å². The van der Waals surface area contributed by atoms with E-state index in [4.69, 9.17) is 27.5 Å². The SMILES string of the molecule is [2H]c1c([2H])c([2H])c(-c2ccc3c(c2)n(-c2[c-]c(Oc4[c-]c5c(cc4)c4ccccc4n5-c4cc(C([2H])([2H])[2H])c(-c5c([2H])c([2H])c([2H])c([2H])c5[2H])cn4)ccc2)[c-][n+]3-c2c(-c3cccc(C(C)(C)C)c3)cccc2C(C)(C)C)c([2H])c1[2H].[Pt]. The third-order valence-corrected chi connectivity index (χ3v) is 12.2. The first-order valence-electron chi connectivity index (χ1n) is 28.8. The van der Waals surface area contributed by atoms with E-state index < -0.39 is 55.2 Å². The fourth-order valence-electron chi connectivity index (χ4n) is 8.85. The molecule has 0 bridgehead atoms. The molecule has 3 aromatic heterocycles. The third kappa shape index (κ3) is 8.51. The van der Waals surface area contributed by atoms with Crippen LogP contribution in [-0.4, -0.2) is 14.1 Å². The number of hydrogen-bond acceptors (Lipinski definition) is 2. The van der Waals surface area contributed by atoms with Crippen LogP contribution < -0.4 is 9.30 Å². The molecule has 69 heavy (non-hydrogen) atoms. The summed E-state index contributed by atoms with van der Waals surface area (Å²) in [6, 6.07) is 40.1. The molecule has 0 aliphatic carbocycles. The Bertz CT molecular complexity index is 4360. The maximum absolute atomic E-state index is 8.93. The van der Waals surface area contributed by atoms with Crippen molar-refractivity contribution in [2.75, 3.05) is 0 Å². The quantitative estimate of drug-likeness (QED) is 0.112. The number of rotatable bonds is 8. The largest absolute Gasteiger partial charge is 0.510 e. The van der Waals surface area contributed by atoms with E-state index in [1.54, 1.807) is 28.8 Å². The summed E-state index contributed by atoms with van der Waals surface area (Å²) in [6.45, 7) is 10.2. The van der Waals surface area contributed by atoms with Gasteiger partial charge in [-0.3, -0.25) is 4.57 Å². The number of fused-ring (bicyclic) bond motifs is 4. The Labute approximate surface area is 437 Å². The van der Waals surface area contributed by atoms with Crippen molar-refractivity contribution in [2.24, 2.45) is 0 Å².